The molecule has 1 saturated heterocycles. The molecular weight excluding hydrogens is 150 g/mol. The van der Waals surface area contributed by atoms with E-state index in [0.29, 0.717) is 18.2 Å². The minimum atomic E-state index is 0.0655. The van der Waals surface area contributed by atoms with Crippen LogP contribution in [0.3, 0.4) is 0 Å². The van der Waals surface area contributed by atoms with Gasteiger partial charge in [-0.15, -0.1) is 0 Å². The van der Waals surface area contributed by atoms with E-state index < -0.39 is 0 Å². The monoisotopic (exact) mass is 169 g/mol. The standard InChI is InChI=1S/C10H19NO/c1-5-8-6-9(12)7-10(2,3)11(8)4/h8H,5-7H2,1-4H3. The fourth-order valence-electron chi connectivity index (χ4n) is 1.99. The Kier molecular flexibility index (Phi) is 2.57. The molecule has 0 aromatic heterocycles. The van der Waals surface area contributed by atoms with E-state index in [0.717, 1.165) is 12.8 Å². The first-order valence-electron chi connectivity index (χ1n) is 4.72. The zero-order valence-corrected chi connectivity index (χ0v) is 8.55. The van der Waals surface area contributed by atoms with E-state index in [2.05, 4.69) is 32.7 Å². The molecule has 1 fully saturated rings. The fraction of sp³-hybridized carbons (Fsp3) is 0.900. The number of rotatable bonds is 1. The Labute approximate surface area is 74.9 Å². The second-order valence-corrected chi connectivity index (χ2v) is 4.40. The Balaban J connectivity index is 2.75. The van der Waals surface area contributed by atoms with Crippen molar-refractivity contribution in [3.63, 3.8) is 0 Å². The normalized spacial score (nSPS) is 30.7. The lowest BCUT2D eigenvalue weighted by atomic mass is 9.85. The van der Waals surface area contributed by atoms with E-state index in [9.17, 15) is 4.79 Å². The third-order valence-electron chi connectivity index (χ3n) is 3.07. The van der Waals surface area contributed by atoms with Gasteiger partial charge in [-0.25, -0.2) is 0 Å². The maximum atomic E-state index is 11.4. The summed E-state index contributed by atoms with van der Waals surface area (Å²) in [6, 6.07) is 0.459. The van der Waals surface area contributed by atoms with Crippen LogP contribution in [0.4, 0.5) is 0 Å². The van der Waals surface area contributed by atoms with Crippen molar-refractivity contribution in [1.82, 2.24) is 4.90 Å². The van der Waals surface area contributed by atoms with Crippen LogP contribution in [-0.4, -0.2) is 29.3 Å². The lowest BCUT2D eigenvalue weighted by Crippen LogP contribution is -2.53. The third-order valence-corrected chi connectivity index (χ3v) is 3.07. The number of hydrogen-bond donors (Lipinski definition) is 0. The van der Waals surface area contributed by atoms with Crippen LogP contribution < -0.4 is 0 Å². The van der Waals surface area contributed by atoms with Crippen LogP contribution >= 0.6 is 0 Å². The number of piperidine rings is 1. The molecule has 1 heterocycles. The van der Waals surface area contributed by atoms with Crippen LogP contribution in [0, 0.1) is 0 Å². The molecule has 1 atom stereocenters. The van der Waals surface area contributed by atoms with Crippen LogP contribution in [0.5, 0.6) is 0 Å². The molecule has 1 aliphatic heterocycles. The number of hydrogen-bond acceptors (Lipinski definition) is 2. The van der Waals surface area contributed by atoms with Gasteiger partial charge in [0.05, 0.1) is 0 Å². The summed E-state index contributed by atoms with van der Waals surface area (Å²) < 4.78 is 0. The molecule has 0 spiro atoms. The summed E-state index contributed by atoms with van der Waals surface area (Å²) in [7, 11) is 2.13. The van der Waals surface area contributed by atoms with Gasteiger partial charge in [0.1, 0.15) is 5.78 Å². The van der Waals surface area contributed by atoms with Gasteiger partial charge in [-0.2, -0.15) is 0 Å². The first-order chi connectivity index (χ1) is 5.47. The molecule has 0 aromatic carbocycles. The van der Waals surface area contributed by atoms with Crippen molar-refractivity contribution in [2.75, 3.05) is 7.05 Å². The predicted molar refractivity (Wildman–Crippen MR) is 50.2 cm³/mol. The highest BCUT2D eigenvalue weighted by atomic mass is 16.1. The van der Waals surface area contributed by atoms with E-state index in [-0.39, 0.29) is 5.54 Å². The molecule has 0 amide bonds. The Hall–Kier alpha value is -0.370. The Morgan fingerprint density at radius 2 is 2.17 bits per heavy atom. The highest BCUT2D eigenvalue weighted by Gasteiger charge is 2.36. The van der Waals surface area contributed by atoms with E-state index in [1.165, 1.54) is 0 Å². The second-order valence-electron chi connectivity index (χ2n) is 4.40. The van der Waals surface area contributed by atoms with Gasteiger partial charge in [-0.1, -0.05) is 6.92 Å². The van der Waals surface area contributed by atoms with Crippen molar-refractivity contribution in [3.05, 3.63) is 0 Å². The van der Waals surface area contributed by atoms with Crippen LogP contribution in [0.15, 0.2) is 0 Å². The summed E-state index contributed by atoms with van der Waals surface area (Å²) in [5.41, 5.74) is 0.0655. The molecule has 1 unspecified atom stereocenters. The van der Waals surface area contributed by atoms with Gasteiger partial charge < -0.3 is 0 Å². The van der Waals surface area contributed by atoms with Crippen molar-refractivity contribution in [1.29, 1.82) is 0 Å². The van der Waals surface area contributed by atoms with Gasteiger partial charge in [0, 0.05) is 24.4 Å². The summed E-state index contributed by atoms with van der Waals surface area (Å²) in [5.74, 6) is 0.421. The summed E-state index contributed by atoms with van der Waals surface area (Å²) in [4.78, 5) is 13.7. The fourth-order valence-corrected chi connectivity index (χ4v) is 1.99. The lowest BCUT2D eigenvalue weighted by Gasteiger charge is -2.44. The Morgan fingerprint density at radius 1 is 1.58 bits per heavy atom. The van der Waals surface area contributed by atoms with Crippen LogP contribution in [-0.2, 0) is 4.79 Å². The number of carbonyl (C=O) groups excluding carboxylic acids is 1. The summed E-state index contributed by atoms with van der Waals surface area (Å²) >= 11 is 0. The largest absolute Gasteiger partial charge is 0.300 e. The quantitative estimate of drug-likeness (QED) is 0.597. The predicted octanol–water partition coefficient (Wildman–Crippen LogP) is 1.84. The number of carbonyl (C=O) groups is 1. The van der Waals surface area contributed by atoms with E-state index in [1.807, 2.05) is 0 Å². The molecule has 0 N–H and O–H groups in total. The molecule has 2 heteroatoms. The van der Waals surface area contributed by atoms with Crippen LogP contribution in [0.25, 0.3) is 0 Å². The minimum Gasteiger partial charge on any atom is -0.300 e. The highest BCUT2D eigenvalue weighted by molar-refractivity contribution is 5.81. The molecule has 0 saturated carbocycles. The van der Waals surface area contributed by atoms with Crippen molar-refractivity contribution in [2.45, 2.75) is 51.6 Å². The smallest absolute Gasteiger partial charge is 0.136 e. The maximum absolute atomic E-state index is 11.4. The van der Waals surface area contributed by atoms with Gasteiger partial charge in [0.15, 0.2) is 0 Å². The molecule has 12 heavy (non-hydrogen) atoms. The summed E-state index contributed by atoms with van der Waals surface area (Å²) in [6.45, 7) is 6.44. The van der Waals surface area contributed by atoms with Gasteiger partial charge in [0.2, 0.25) is 0 Å². The maximum Gasteiger partial charge on any atom is 0.136 e. The average Bonchev–Trinajstić information content (AvgIpc) is 1.96. The summed E-state index contributed by atoms with van der Waals surface area (Å²) in [5, 5.41) is 0. The van der Waals surface area contributed by atoms with Gasteiger partial charge in [-0.05, 0) is 27.3 Å². The molecule has 1 aliphatic rings. The molecule has 1 rings (SSSR count). The van der Waals surface area contributed by atoms with Crippen molar-refractivity contribution in [3.8, 4) is 0 Å². The summed E-state index contributed by atoms with van der Waals surface area (Å²) in [6.07, 6.45) is 2.53. The lowest BCUT2D eigenvalue weighted by molar-refractivity contribution is -0.127. The number of Topliss-reactive ketones (excluding diaryl/α,β-unsaturated/α-hetero) is 1. The molecular formula is C10H19NO. The van der Waals surface area contributed by atoms with E-state index in [4.69, 9.17) is 0 Å². The third kappa shape index (κ3) is 1.69. The highest BCUT2D eigenvalue weighted by Crippen LogP contribution is 2.28. The zero-order chi connectivity index (χ0) is 9.35. The molecule has 0 aromatic rings. The molecule has 0 radical (unpaired) electrons. The topological polar surface area (TPSA) is 20.3 Å². The Morgan fingerprint density at radius 3 is 2.67 bits per heavy atom. The molecule has 0 aliphatic carbocycles. The van der Waals surface area contributed by atoms with Gasteiger partial charge >= 0.3 is 0 Å². The second kappa shape index (κ2) is 3.17. The average molecular weight is 169 g/mol. The number of likely N-dealkylation sites (tertiary alicyclic amines) is 1. The van der Waals surface area contributed by atoms with Crippen LogP contribution in [0.1, 0.15) is 40.0 Å². The van der Waals surface area contributed by atoms with Crippen molar-refractivity contribution in [2.24, 2.45) is 0 Å². The Bertz CT molecular complexity index is 186. The van der Waals surface area contributed by atoms with Gasteiger partial charge in [0.25, 0.3) is 0 Å². The minimum absolute atomic E-state index is 0.0655. The van der Waals surface area contributed by atoms with E-state index in [1.54, 1.807) is 0 Å². The number of nitrogens with zero attached hydrogens (tertiary/aromatic N) is 1. The first-order valence-corrected chi connectivity index (χ1v) is 4.72. The molecule has 70 valence electrons. The zero-order valence-electron chi connectivity index (χ0n) is 8.55. The van der Waals surface area contributed by atoms with Crippen LogP contribution in [0.2, 0.25) is 0 Å². The SMILES string of the molecule is CCC1CC(=O)CC(C)(C)N1C. The van der Waals surface area contributed by atoms with E-state index >= 15 is 0 Å². The number of ketones is 1. The van der Waals surface area contributed by atoms with Crippen molar-refractivity contribution >= 4 is 5.78 Å². The van der Waals surface area contributed by atoms with Gasteiger partial charge in [-0.3, -0.25) is 9.69 Å². The first kappa shape index (κ1) is 9.72. The molecule has 0 bridgehead atoms. The van der Waals surface area contributed by atoms with Crippen molar-refractivity contribution < 1.29 is 4.79 Å². The molecule has 2 nitrogen and oxygen atoms in total.